The Balaban J connectivity index is 1.25. The summed E-state index contributed by atoms with van der Waals surface area (Å²) in [4.78, 5) is 13.7. The number of fused-ring (bicyclic) bond motifs is 1. The molecule has 6 rings (SSSR count). The lowest BCUT2D eigenvalue weighted by Gasteiger charge is -2.36. The molecule has 34 heavy (non-hydrogen) atoms. The van der Waals surface area contributed by atoms with E-state index in [0.717, 1.165) is 44.8 Å². The molecule has 2 saturated carbocycles. The number of hydrogen-bond acceptors (Lipinski definition) is 6. The summed E-state index contributed by atoms with van der Waals surface area (Å²) in [6, 6.07) is 2.11. The zero-order valence-corrected chi connectivity index (χ0v) is 19.1. The average molecular weight is 475 g/mol. The molecule has 2 aromatic rings. The zero-order valence-electron chi connectivity index (χ0n) is 19.1. The third kappa shape index (κ3) is 4.29. The van der Waals surface area contributed by atoms with Crippen molar-refractivity contribution in [2.45, 2.75) is 44.1 Å². The predicted octanol–water partition coefficient (Wildman–Crippen LogP) is 3.50. The first kappa shape index (κ1) is 21.9. The maximum atomic E-state index is 12.8. The van der Waals surface area contributed by atoms with Crippen LogP contribution in [0.5, 0.6) is 5.75 Å². The summed E-state index contributed by atoms with van der Waals surface area (Å²) in [6.45, 7) is 4.44. The molecule has 10 heteroatoms. The molecular weight excluding hydrogens is 445 g/mol. The summed E-state index contributed by atoms with van der Waals surface area (Å²) in [5, 5.41) is 0. The number of nitrogens with zero attached hydrogens (tertiary/aromatic N) is 5. The Bertz CT molecular complexity index is 1120. The van der Waals surface area contributed by atoms with E-state index in [4.69, 9.17) is 10.7 Å². The number of pyridine rings is 1. The number of nitrogen functional groups attached to an aromatic ring is 1. The molecule has 182 valence electrons. The first-order valence-corrected chi connectivity index (χ1v) is 12.0. The van der Waals surface area contributed by atoms with E-state index < -0.39 is 12.1 Å². The van der Waals surface area contributed by atoms with E-state index in [9.17, 15) is 13.2 Å². The largest absolute Gasteiger partial charge is 0.573 e. The number of aromatic nitrogens is 3. The standard InChI is InChI=1S/C24H29F3N6O/c1-31-4-6-32(7-5-31)16-10-17-18(11-16)22(17)33-13-19(30-21(33)8-14-2-3-14)15-9-20(23(28)29-12-15)34-24(25,26)27/h9-10,12-14,16,18,22H,2-8,11H2,1H3,(H2,28,29)/t16?,18-,22-/m1/s1. The van der Waals surface area contributed by atoms with Gasteiger partial charge in [-0.25, -0.2) is 9.97 Å². The fourth-order valence-corrected chi connectivity index (χ4v) is 5.47. The molecule has 0 bridgehead atoms. The predicted molar refractivity (Wildman–Crippen MR) is 121 cm³/mol. The van der Waals surface area contributed by atoms with Crippen LogP contribution in [-0.2, 0) is 6.42 Å². The van der Waals surface area contributed by atoms with E-state index in [1.807, 2.05) is 6.20 Å². The highest BCUT2D eigenvalue weighted by Gasteiger charge is 2.52. The maximum absolute atomic E-state index is 12.8. The van der Waals surface area contributed by atoms with Gasteiger partial charge in [0.2, 0.25) is 0 Å². The molecule has 0 amide bonds. The van der Waals surface area contributed by atoms with Crippen molar-refractivity contribution in [1.29, 1.82) is 0 Å². The third-order valence-electron chi connectivity index (χ3n) is 7.61. The minimum Gasteiger partial charge on any atom is -0.402 e. The zero-order chi connectivity index (χ0) is 23.6. The molecule has 0 radical (unpaired) electrons. The van der Waals surface area contributed by atoms with Crippen molar-refractivity contribution in [2.75, 3.05) is 39.0 Å². The minimum absolute atomic E-state index is 0.296. The summed E-state index contributed by atoms with van der Waals surface area (Å²) in [6.07, 6.45) is 5.48. The first-order chi connectivity index (χ1) is 16.2. The molecule has 0 aromatic carbocycles. The lowest BCUT2D eigenvalue weighted by atomic mass is 10.1. The van der Waals surface area contributed by atoms with Gasteiger partial charge in [-0.3, -0.25) is 4.90 Å². The van der Waals surface area contributed by atoms with Gasteiger partial charge in [0.05, 0.1) is 11.7 Å². The van der Waals surface area contributed by atoms with Crippen molar-refractivity contribution in [3.63, 3.8) is 0 Å². The Morgan fingerprint density at radius 1 is 1.18 bits per heavy atom. The number of ether oxygens (including phenoxy) is 1. The van der Waals surface area contributed by atoms with Crippen LogP contribution < -0.4 is 10.5 Å². The second kappa shape index (κ2) is 7.98. The Hall–Kier alpha value is -2.59. The van der Waals surface area contributed by atoms with Crippen LogP contribution in [0, 0.1) is 11.8 Å². The molecule has 3 fully saturated rings. The third-order valence-corrected chi connectivity index (χ3v) is 7.61. The van der Waals surface area contributed by atoms with Gasteiger partial charge < -0.3 is 19.9 Å². The quantitative estimate of drug-likeness (QED) is 0.647. The highest BCUT2D eigenvalue weighted by molar-refractivity contribution is 5.64. The normalized spacial score (nSPS) is 27.5. The number of anilines is 1. The molecule has 2 N–H and O–H groups in total. The second-order valence-electron chi connectivity index (χ2n) is 10.1. The van der Waals surface area contributed by atoms with Crippen LogP contribution in [-0.4, -0.2) is 70.0 Å². The summed E-state index contributed by atoms with van der Waals surface area (Å²) in [7, 11) is 2.17. The number of hydrogen-bond donors (Lipinski definition) is 1. The lowest BCUT2D eigenvalue weighted by Crippen LogP contribution is -2.48. The second-order valence-corrected chi connectivity index (χ2v) is 10.1. The van der Waals surface area contributed by atoms with Gasteiger partial charge in [-0.1, -0.05) is 6.08 Å². The van der Waals surface area contributed by atoms with Crippen molar-refractivity contribution < 1.29 is 17.9 Å². The van der Waals surface area contributed by atoms with E-state index in [-0.39, 0.29) is 5.82 Å². The van der Waals surface area contributed by atoms with Crippen molar-refractivity contribution in [3.8, 4) is 17.0 Å². The van der Waals surface area contributed by atoms with Gasteiger partial charge in [0, 0.05) is 62.5 Å². The van der Waals surface area contributed by atoms with Gasteiger partial charge >= 0.3 is 6.36 Å². The minimum atomic E-state index is -4.83. The topological polar surface area (TPSA) is 72.4 Å². The highest BCUT2D eigenvalue weighted by atomic mass is 19.4. The number of nitrogens with two attached hydrogens (primary N) is 1. The number of piperazine rings is 1. The first-order valence-electron chi connectivity index (χ1n) is 12.0. The van der Waals surface area contributed by atoms with Gasteiger partial charge in [-0.15, -0.1) is 13.2 Å². The van der Waals surface area contributed by atoms with Crippen LogP contribution in [0.3, 0.4) is 0 Å². The highest BCUT2D eigenvalue weighted by Crippen LogP contribution is 2.58. The Morgan fingerprint density at radius 3 is 2.59 bits per heavy atom. The fourth-order valence-electron chi connectivity index (χ4n) is 5.47. The number of halogens is 3. The van der Waals surface area contributed by atoms with Crippen LogP contribution in [0.25, 0.3) is 11.3 Å². The molecular formula is C24H29F3N6O. The van der Waals surface area contributed by atoms with E-state index in [2.05, 4.69) is 37.2 Å². The molecule has 2 aromatic heterocycles. The van der Waals surface area contributed by atoms with Gasteiger partial charge in [0.1, 0.15) is 5.82 Å². The van der Waals surface area contributed by atoms with Crippen LogP contribution in [0.2, 0.25) is 0 Å². The smallest absolute Gasteiger partial charge is 0.402 e. The monoisotopic (exact) mass is 474 g/mol. The maximum Gasteiger partial charge on any atom is 0.573 e. The average Bonchev–Trinajstić information content (AvgIpc) is 3.62. The van der Waals surface area contributed by atoms with Gasteiger partial charge in [0.25, 0.3) is 0 Å². The molecule has 3 atom stereocenters. The summed E-state index contributed by atoms with van der Waals surface area (Å²) in [5.74, 6) is 1.38. The lowest BCUT2D eigenvalue weighted by molar-refractivity contribution is -0.274. The van der Waals surface area contributed by atoms with E-state index >= 15 is 0 Å². The van der Waals surface area contributed by atoms with Crippen molar-refractivity contribution in [3.05, 3.63) is 35.9 Å². The summed E-state index contributed by atoms with van der Waals surface area (Å²) >= 11 is 0. The van der Waals surface area contributed by atoms with Crippen LogP contribution in [0.4, 0.5) is 19.0 Å². The number of imidazole rings is 1. The van der Waals surface area contributed by atoms with Crippen molar-refractivity contribution in [1.82, 2.24) is 24.3 Å². The molecule has 4 aliphatic rings. The van der Waals surface area contributed by atoms with Crippen molar-refractivity contribution in [2.24, 2.45) is 11.8 Å². The fraction of sp³-hybridized carbons (Fsp3) is 0.583. The summed E-state index contributed by atoms with van der Waals surface area (Å²) in [5.41, 5.74) is 8.16. The van der Waals surface area contributed by atoms with Crippen LogP contribution >= 0.6 is 0 Å². The number of alkyl halides is 3. The van der Waals surface area contributed by atoms with E-state index in [0.29, 0.717) is 35.2 Å². The number of rotatable bonds is 6. The number of likely N-dealkylation sites (N-methyl/N-ethyl adjacent to an activating group) is 1. The number of allylic oxidation sites excluding steroid dienone is 1. The Morgan fingerprint density at radius 2 is 1.94 bits per heavy atom. The molecule has 7 nitrogen and oxygen atoms in total. The van der Waals surface area contributed by atoms with Gasteiger partial charge in [-0.2, -0.15) is 0 Å². The van der Waals surface area contributed by atoms with Gasteiger partial charge in [0.15, 0.2) is 11.6 Å². The van der Waals surface area contributed by atoms with E-state index in [1.165, 1.54) is 30.7 Å². The van der Waals surface area contributed by atoms with Crippen molar-refractivity contribution >= 4 is 5.82 Å². The Labute approximate surface area is 196 Å². The molecule has 1 saturated heterocycles. The molecule has 3 heterocycles. The molecule has 0 spiro atoms. The summed E-state index contributed by atoms with van der Waals surface area (Å²) < 4.78 is 44.6. The van der Waals surface area contributed by atoms with E-state index in [1.54, 1.807) is 0 Å². The molecule has 3 aliphatic carbocycles. The van der Waals surface area contributed by atoms with Crippen LogP contribution in [0.1, 0.15) is 31.1 Å². The van der Waals surface area contributed by atoms with Gasteiger partial charge in [-0.05, 0) is 43.9 Å². The molecule has 1 aliphatic heterocycles. The van der Waals surface area contributed by atoms with Crippen LogP contribution in [0.15, 0.2) is 30.1 Å². The SMILES string of the molecule is CN1CCN(C2C=C3[C@@H](C2)[C@@H]3n2cc(-c3cnc(N)c(OC(F)(F)F)c3)nc2CC2CC2)CC1. The molecule has 1 unspecified atom stereocenters. The Kier molecular flexibility index (Phi) is 5.14.